The van der Waals surface area contributed by atoms with E-state index in [-0.39, 0.29) is 35.2 Å². The van der Waals surface area contributed by atoms with Crippen LogP contribution >= 0.6 is 0 Å². The molecule has 1 amide bonds. The number of sulfonamides is 1. The highest BCUT2D eigenvalue weighted by Gasteiger charge is 2.46. The summed E-state index contributed by atoms with van der Waals surface area (Å²) in [5.74, 6) is -0.457. The maximum atomic E-state index is 15.6. The van der Waals surface area contributed by atoms with Crippen LogP contribution in [0.3, 0.4) is 0 Å². The van der Waals surface area contributed by atoms with E-state index < -0.39 is 27.0 Å². The van der Waals surface area contributed by atoms with Gasteiger partial charge in [0.05, 0.1) is 29.7 Å². The Morgan fingerprint density at radius 2 is 1.69 bits per heavy atom. The molecule has 0 aliphatic carbocycles. The van der Waals surface area contributed by atoms with Crippen LogP contribution in [-0.2, 0) is 14.8 Å². The summed E-state index contributed by atoms with van der Waals surface area (Å²) in [7, 11) is -3.33. The van der Waals surface area contributed by atoms with Crippen LogP contribution in [-0.4, -0.2) is 86.4 Å². The van der Waals surface area contributed by atoms with Crippen molar-refractivity contribution in [2.24, 2.45) is 5.41 Å². The molecule has 4 aromatic rings. The van der Waals surface area contributed by atoms with Gasteiger partial charge in [0.1, 0.15) is 6.33 Å². The van der Waals surface area contributed by atoms with Gasteiger partial charge >= 0.3 is 0 Å². The summed E-state index contributed by atoms with van der Waals surface area (Å²) in [4.78, 5) is 29.0. The van der Waals surface area contributed by atoms with Gasteiger partial charge in [-0.15, -0.1) is 0 Å². The Morgan fingerprint density at radius 1 is 1.00 bits per heavy atom. The normalized spacial score (nSPS) is 20.5. The summed E-state index contributed by atoms with van der Waals surface area (Å²) in [6, 6.07) is 22.8. The Labute approximate surface area is 298 Å². The minimum atomic E-state index is -3.33. The topological polar surface area (TPSA) is 117 Å². The first-order chi connectivity index (χ1) is 24.7. The number of benzene rings is 3. The molecule has 3 aliphatic rings. The second kappa shape index (κ2) is 15.0. The number of anilines is 3. The zero-order valence-corrected chi connectivity index (χ0v) is 29.5. The molecule has 1 spiro atoms. The summed E-state index contributed by atoms with van der Waals surface area (Å²) < 4.78 is 55.1. The molecule has 4 heterocycles. The SMILES string of the molecule is CCNS(=O)(=O)[C@@H]1CC[C@@H](CN2CCC3(CC2)CN(c2ncncc2Oc2c(F)cccc2C(=O)N(c2ccccc2)c2ccccc2)C3)OC1. The first-order valence-electron chi connectivity index (χ1n) is 17.5. The van der Waals surface area contributed by atoms with Gasteiger partial charge < -0.3 is 19.3 Å². The van der Waals surface area contributed by atoms with Crippen LogP contribution in [0.1, 0.15) is 43.0 Å². The number of carbonyl (C=O) groups is 1. The molecule has 13 heteroatoms. The Morgan fingerprint density at radius 3 is 2.31 bits per heavy atom. The molecule has 268 valence electrons. The van der Waals surface area contributed by atoms with E-state index in [9.17, 15) is 13.2 Å². The van der Waals surface area contributed by atoms with Crippen molar-refractivity contribution < 1.29 is 27.1 Å². The van der Waals surface area contributed by atoms with E-state index in [2.05, 4.69) is 24.5 Å². The second-order valence-corrected chi connectivity index (χ2v) is 15.6. The maximum absolute atomic E-state index is 15.6. The molecule has 3 saturated heterocycles. The Bertz CT molecular complexity index is 1870. The van der Waals surface area contributed by atoms with Crippen LogP contribution in [0.4, 0.5) is 21.6 Å². The summed E-state index contributed by atoms with van der Waals surface area (Å²) in [6.07, 6.45) is 6.36. The average Bonchev–Trinajstić information content (AvgIpc) is 3.13. The molecule has 1 aromatic heterocycles. The monoisotopic (exact) mass is 714 g/mol. The number of ether oxygens (including phenoxy) is 2. The predicted molar refractivity (Wildman–Crippen MR) is 194 cm³/mol. The van der Waals surface area contributed by atoms with Gasteiger partial charge in [-0.1, -0.05) is 49.4 Å². The number of para-hydroxylation sites is 3. The van der Waals surface area contributed by atoms with Crippen LogP contribution in [0, 0.1) is 11.2 Å². The molecule has 7 rings (SSSR count). The van der Waals surface area contributed by atoms with E-state index in [4.69, 9.17) is 9.47 Å². The van der Waals surface area contributed by atoms with Gasteiger partial charge in [-0.05, 0) is 75.2 Å². The molecule has 0 saturated carbocycles. The van der Waals surface area contributed by atoms with Crippen LogP contribution < -0.4 is 19.3 Å². The van der Waals surface area contributed by atoms with Crippen molar-refractivity contribution in [2.75, 3.05) is 55.7 Å². The Hall–Kier alpha value is -4.43. The van der Waals surface area contributed by atoms with E-state index >= 15 is 4.39 Å². The van der Waals surface area contributed by atoms with Crippen molar-refractivity contribution in [1.82, 2.24) is 19.6 Å². The lowest BCUT2D eigenvalue weighted by molar-refractivity contribution is -0.0194. The fourth-order valence-electron chi connectivity index (χ4n) is 7.39. The standard InChI is InChI=1S/C38H43FN6O5S/c1-2-42-51(47,48)31-17-16-30(49-24-31)23-43-20-18-38(19-21-43)25-44(26-38)36-34(22-40-27-41-36)50-35-32(14-9-15-33(35)39)37(46)45(28-10-5-3-6-11-28)29-12-7-4-8-13-29/h3-15,22,27,30-31,42H,2,16-21,23-26H2,1H3/t30-,31+/m0/s1. The average molecular weight is 715 g/mol. The first-order valence-corrected chi connectivity index (χ1v) is 19.1. The number of likely N-dealkylation sites (tertiary alicyclic amines) is 1. The number of halogens is 1. The fourth-order valence-corrected chi connectivity index (χ4v) is 8.73. The lowest BCUT2D eigenvalue weighted by Crippen LogP contribution is -2.61. The van der Waals surface area contributed by atoms with Crippen molar-refractivity contribution in [3.8, 4) is 11.5 Å². The van der Waals surface area contributed by atoms with E-state index in [1.165, 1.54) is 24.7 Å². The van der Waals surface area contributed by atoms with E-state index in [0.717, 1.165) is 52.0 Å². The van der Waals surface area contributed by atoms with Gasteiger partial charge in [-0.25, -0.2) is 27.5 Å². The maximum Gasteiger partial charge on any atom is 0.266 e. The van der Waals surface area contributed by atoms with Gasteiger partial charge in [0.15, 0.2) is 23.1 Å². The number of hydrogen-bond donors (Lipinski definition) is 1. The van der Waals surface area contributed by atoms with E-state index in [0.29, 0.717) is 30.2 Å². The second-order valence-electron chi connectivity index (χ2n) is 13.6. The van der Waals surface area contributed by atoms with E-state index in [1.54, 1.807) is 17.9 Å². The highest BCUT2D eigenvalue weighted by Crippen LogP contribution is 2.45. The molecular formula is C38H43FN6O5S. The smallest absolute Gasteiger partial charge is 0.266 e. The molecule has 0 bridgehead atoms. The number of amides is 1. The predicted octanol–water partition coefficient (Wildman–Crippen LogP) is 5.78. The molecule has 0 unspecified atom stereocenters. The van der Waals surface area contributed by atoms with Crippen LogP contribution in [0.2, 0.25) is 0 Å². The van der Waals surface area contributed by atoms with Crippen molar-refractivity contribution in [2.45, 2.75) is 44.0 Å². The fraction of sp³-hybridized carbons (Fsp3) is 0.395. The number of rotatable bonds is 11. The molecule has 3 aromatic carbocycles. The van der Waals surface area contributed by atoms with Crippen LogP contribution in [0.5, 0.6) is 11.5 Å². The van der Waals surface area contributed by atoms with Gasteiger partial charge in [-0.2, -0.15) is 0 Å². The minimum Gasteiger partial charge on any atom is -0.448 e. The molecule has 0 radical (unpaired) electrons. The number of nitrogens with one attached hydrogen (secondary N) is 1. The largest absolute Gasteiger partial charge is 0.448 e. The molecule has 11 nitrogen and oxygen atoms in total. The van der Waals surface area contributed by atoms with Crippen molar-refractivity contribution in [1.29, 1.82) is 0 Å². The van der Waals surface area contributed by atoms with E-state index in [1.807, 2.05) is 60.7 Å². The number of piperidine rings is 1. The molecule has 2 atom stereocenters. The molecular weight excluding hydrogens is 672 g/mol. The number of aromatic nitrogens is 2. The lowest BCUT2D eigenvalue weighted by atomic mass is 9.72. The third-order valence-electron chi connectivity index (χ3n) is 10.1. The number of nitrogens with zero attached hydrogens (tertiary/aromatic N) is 5. The van der Waals surface area contributed by atoms with Crippen LogP contribution in [0.25, 0.3) is 0 Å². The molecule has 51 heavy (non-hydrogen) atoms. The number of hydrogen-bond acceptors (Lipinski definition) is 9. The highest BCUT2D eigenvalue weighted by atomic mass is 32.2. The number of carbonyl (C=O) groups excluding carboxylic acids is 1. The third-order valence-corrected chi connectivity index (χ3v) is 12.1. The minimum absolute atomic E-state index is 0.0355. The van der Waals surface area contributed by atoms with Crippen molar-refractivity contribution >= 4 is 33.1 Å². The van der Waals surface area contributed by atoms with Crippen molar-refractivity contribution in [3.63, 3.8) is 0 Å². The first kappa shape index (κ1) is 35.0. The van der Waals surface area contributed by atoms with Gasteiger partial charge in [0, 0.05) is 43.0 Å². The zero-order valence-electron chi connectivity index (χ0n) is 28.7. The molecule has 3 fully saturated rings. The Kier molecular flexibility index (Phi) is 10.3. The molecule has 1 N–H and O–H groups in total. The third kappa shape index (κ3) is 7.62. The summed E-state index contributed by atoms with van der Waals surface area (Å²) >= 11 is 0. The molecule has 3 aliphatic heterocycles. The van der Waals surface area contributed by atoms with Crippen LogP contribution in [0.15, 0.2) is 91.4 Å². The quantitative estimate of drug-likeness (QED) is 0.207. The van der Waals surface area contributed by atoms with Gasteiger partial charge in [-0.3, -0.25) is 9.69 Å². The summed E-state index contributed by atoms with van der Waals surface area (Å²) in [5, 5.41) is -0.487. The zero-order chi connectivity index (χ0) is 35.4. The summed E-state index contributed by atoms with van der Waals surface area (Å²) in [6.45, 7) is 6.61. The van der Waals surface area contributed by atoms with Crippen molar-refractivity contribution in [3.05, 3.63) is 103 Å². The Balaban J connectivity index is 1.00. The summed E-state index contributed by atoms with van der Waals surface area (Å²) in [5.41, 5.74) is 1.48. The van der Waals surface area contributed by atoms with Gasteiger partial charge in [0.25, 0.3) is 5.91 Å². The van der Waals surface area contributed by atoms with Gasteiger partial charge in [0.2, 0.25) is 10.0 Å². The highest BCUT2D eigenvalue weighted by molar-refractivity contribution is 7.90. The lowest BCUT2D eigenvalue weighted by Gasteiger charge is -2.54.